The number of nitrogens with zero attached hydrogens (tertiary/aromatic N) is 2. The van der Waals surface area contributed by atoms with Gasteiger partial charge in [0.05, 0.1) is 12.5 Å². The molecule has 9 nitrogen and oxygen atoms in total. The predicted octanol–water partition coefficient (Wildman–Crippen LogP) is 1.92. The molecule has 0 saturated carbocycles. The van der Waals surface area contributed by atoms with Gasteiger partial charge in [0.1, 0.15) is 11.9 Å². The Morgan fingerprint density at radius 2 is 2.09 bits per heavy atom. The van der Waals surface area contributed by atoms with Crippen LogP contribution in [0.15, 0.2) is 35.9 Å². The molecule has 0 unspecified atom stereocenters. The van der Waals surface area contributed by atoms with E-state index in [9.17, 15) is 14.4 Å². The topological polar surface area (TPSA) is 138 Å². The Labute approximate surface area is 200 Å². The molecule has 1 fully saturated rings. The summed E-state index contributed by atoms with van der Waals surface area (Å²) in [4.78, 5) is 43.1. The van der Waals surface area contributed by atoms with E-state index >= 15 is 0 Å². The summed E-state index contributed by atoms with van der Waals surface area (Å²) in [5, 5.41) is 14.8. The van der Waals surface area contributed by atoms with Gasteiger partial charge in [-0.3, -0.25) is 19.3 Å². The highest BCUT2D eigenvalue weighted by atomic mass is 16.4. The van der Waals surface area contributed by atoms with Gasteiger partial charge in [-0.05, 0) is 69.2 Å². The molecule has 0 radical (unpaired) electrons. The average molecular weight is 470 g/mol. The fourth-order valence-corrected chi connectivity index (χ4v) is 4.54. The second-order valence-electron chi connectivity index (χ2n) is 9.03. The zero-order valence-corrected chi connectivity index (χ0v) is 19.9. The molecule has 1 saturated heterocycles. The third-order valence-corrected chi connectivity index (χ3v) is 6.55. The van der Waals surface area contributed by atoms with Crippen molar-refractivity contribution in [2.75, 3.05) is 18.8 Å². The summed E-state index contributed by atoms with van der Waals surface area (Å²) >= 11 is 0. The van der Waals surface area contributed by atoms with Gasteiger partial charge < -0.3 is 21.5 Å². The quantitative estimate of drug-likeness (QED) is 0.433. The smallest absolute Gasteiger partial charge is 0.304 e. The number of pyridine rings is 1. The number of aromatic nitrogens is 1. The van der Waals surface area contributed by atoms with Crippen LogP contribution in [0.25, 0.3) is 0 Å². The fraction of sp³-hybridized carbons (Fsp3) is 0.520. The lowest BCUT2D eigenvalue weighted by Crippen LogP contribution is -2.55. The van der Waals surface area contributed by atoms with E-state index in [0.717, 1.165) is 30.5 Å². The first-order valence-corrected chi connectivity index (χ1v) is 11.9. The number of anilines is 1. The van der Waals surface area contributed by atoms with Gasteiger partial charge in [0.25, 0.3) is 0 Å². The van der Waals surface area contributed by atoms with Crippen LogP contribution in [0.3, 0.4) is 0 Å². The lowest BCUT2D eigenvalue weighted by molar-refractivity contribution is -0.139. The molecular formula is C25H35N5O4. The van der Waals surface area contributed by atoms with Crippen LogP contribution in [0.1, 0.15) is 50.3 Å². The molecule has 3 rings (SSSR count). The molecule has 184 valence electrons. The summed E-state index contributed by atoms with van der Waals surface area (Å²) in [7, 11) is 0. The molecule has 1 aliphatic heterocycles. The Morgan fingerprint density at radius 3 is 2.76 bits per heavy atom. The zero-order chi connectivity index (χ0) is 24.7. The van der Waals surface area contributed by atoms with Gasteiger partial charge in [-0.25, -0.2) is 4.98 Å². The highest BCUT2D eigenvalue weighted by Gasteiger charge is 2.35. The highest BCUT2D eigenvalue weighted by Crippen LogP contribution is 2.31. The Balaban J connectivity index is 1.61. The number of aliphatic carboxylic acids is 1. The zero-order valence-electron chi connectivity index (χ0n) is 19.9. The number of allylic oxidation sites excluding steroid dienone is 4. The van der Waals surface area contributed by atoms with Crippen LogP contribution < -0.4 is 16.4 Å². The molecule has 3 atom stereocenters. The number of hydrogen-bond donors (Lipinski definition) is 4. The first-order valence-electron chi connectivity index (χ1n) is 11.9. The van der Waals surface area contributed by atoms with Crippen molar-refractivity contribution in [3.05, 3.63) is 47.2 Å². The van der Waals surface area contributed by atoms with E-state index in [4.69, 9.17) is 10.8 Å². The molecule has 0 aromatic carbocycles. The van der Waals surface area contributed by atoms with Crippen molar-refractivity contribution in [1.29, 1.82) is 0 Å². The van der Waals surface area contributed by atoms with Crippen molar-refractivity contribution in [3.63, 3.8) is 0 Å². The number of hydrogen-bond acceptors (Lipinski definition) is 6. The second-order valence-corrected chi connectivity index (χ2v) is 9.03. The molecule has 5 N–H and O–H groups in total. The summed E-state index contributed by atoms with van der Waals surface area (Å²) in [6, 6.07) is 2.29. The van der Waals surface area contributed by atoms with Crippen molar-refractivity contribution in [1.82, 2.24) is 20.5 Å². The van der Waals surface area contributed by atoms with Crippen LogP contribution in [0.2, 0.25) is 0 Å². The number of likely N-dealkylation sites (tertiary alicyclic amines) is 1. The fourth-order valence-electron chi connectivity index (χ4n) is 4.54. The van der Waals surface area contributed by atoms with Crippen LogP contribution in [-0.2, 0) is 20.9 Å². The maximum absolute atomic E-state index is 13.2. The van der Waals surface area contributed by atoms with E-state index in [1.54, 1.807) is 13.0 Å². The van der Waals surface area contributed by atoms with Crippen molar-refractivity contribution < 1.29 is 19.5 Å². The number of aryl methyl sites for hydroxylation is 1. The number of amides is 2. The number of nitrogen functional groups attached to an aromatic ring is 1. The SMILES string of the molecule is Cc1nc(N)ccc1CNC(=O)[C@H](C)NC(=O)[C@H]1C[C@@H](C2=CCCC=C2)CCN1CCC(=O)O. The van der Waals surface area contributed by atoms with Crippen LogP contribution in [0.4, 0.5) is 5.82 Å². The molecule has 1 aromatic heterocycles. The predicted molar refractivity (Wildman–Crippen MR) is 130 cm³/mol. The number of carboxylic acid groups (broad SMARTS) is 1. The van der Waals surface area contributed by atoms with Gasteiger partial charge in [0.2, 0.25) is 11.8 Å². The molecule has 9 heteroatoms. The van der Waals surface area contributed by atoms with E-state index in [0.29, 0.717) is 25.3 Å². The van der Waals surface area contributed by atoms with Crippen LogP contribution in [-0.4, -0.2) is 57.9 Å². The summed E-state index contributed by atoms with van der Waals surface area (Å²) in [5.41, 5.74) is 8.52. The lowest BCUT2D eigenvalue weighted by Gasteiger charge is -2.39. The Kier molecular flexibility index (Phi) is 8.81. The third-order valence-electron chi connectivity index (χ3n) is 6.55. The minimum atomic E-state index is -0.889. The van der Waals surface area contributed by atoms with E-state index in [1.807, 2.05) is 17.9 Å². The lowest BCUT2D eigenvalue weighted by atomic mass is 9.82. The maximum atomic E-state index is 13.2. The van der Waals surface area contributed by atoms with Crippen LogP contribution in [0.5, 0.6) is 0 Å². The molecule has 1 aliphatic carbocycles. The number of carbonyl (C=O) groups is 3. The second kappa shape index (κ2) is 11.8. The van der Waals surface area contributed by atoms with Gasteiger partial charge in [-0.15, -0.1) is 0 Å². The van der Waals surface area contributed by atoms with Gasteiger partial charge in [0, 0.05) is 18.8 Å². The van der Waals surface area contributed by atoms with Crippen LogP contribution in [0, 0.1) is 12.8 Å². The maximum Gasteiger partial charge on any atom is 0.304 e. The summed E-state index contributed by atoms with van der Waals surface area (Å²) in [6.45, 7) is 4.71. The van der Waals surface area contributed by atoms with Crippen LogP contribution >= 0.6 is 0 Å². The molecule has 1 aromatic rings. The summed E-state index contributed by atoms with van der Waals surface area (Å²) in [6.07, 6.45) is 10.0. The highest BCUT2D eigenvalue weighted by molar-refractivity contribution is 5.89. The van der Waals surface area contributed by atoms with E-state index < -0.39 is 18.1 Å². The number of nitrogens with one attached hydrogen (secondary N) is 2. The van der Waals surface area contributed by atoms with E-state index in [-0.39, 0.29) is 30.7 Å². The molecule has 0 bridgehead atoms. The Hall–Kier alpha value is -3.20. The normalized spacial score (nSPS) is 21.4. The monoisotopic (exact) mass is 469 g/mol. The van der Waals surface area contributed by atoms with Crippen molar-refractivity contribution in [2.45, 2.75) is 64.6 Å². The minimum Gasteiger partial charge on any atom is -0.481 e. The van der Waals surface area contributed by atoms with Gasteiger partial charge in [-0.2, -0.15) is 0 Å². The van der Waals surface area contributed by atoms with E-state index in [2.05, 4.69) is 33.8 Å². The van der Waals surface area contributed by atoms with Gasteiger partial charge >= 0.3 is 5.97 Å². The number of nitrogens with two attached hydrogens (primary N) is 1. The molecule has 2 amide bonds. The average Bonchev–Trinajstić information content (AvgIpc) is 2.82. The molecule has 2 aliphatic rings. The molecule has 2 heterocycles. The number of rotatable bonds is 9. The summed E-state index contributed by atoms with van der Waals surface area (Å²) < 4.78 is 0. The first-order chi connectivity index (χ1) is 16.2. The van der Waals surface area contributed by atoms with Gasteiger partial charge in [-0.1, -0.05) is 24.3 Å². The molecular weight excluding hydrogens is 434 g/mol. The first kappa shape index (κ1) is 25.4. The molecule has 0 spiro atoms. The number of piperidine rings is 1. The number of carbonyl (C=O) groups excluding carboxylic acids is 2. The Morgan fingerprint density at radius 1 is 1.29 bits per heavy atom. The third kappa shape index (κ3) is 6.90. The minimum absolute atomic E-state index is 0.0257. The Bertz CT molecular complexity index is 974. The van der Waals surface area contributed by atoms with Gasteiger partial charge in [0.15, 0.2) is 0 Å². The summed E-state index contributed by atoms with van der Waals surface area (Å²) in [5.74, 6) is -0.765. The van der Waals surface area contributed by atoms with Crippen molar-refractivity contribution in [3.8, 4) is 0 Å². The largest absolute Gasteiger partial charge is 0.481 e. The van der Waals surface area contributed by atoms with Crippen molar-refractivity contribution in [2.24, 2.45) is 5.92 Å². The molecule has 34 heavy (non-hydrogen) atoms. The number of carboxylic acids is 1. The standard InChI is InChI=1S/C25H35N5O4/c1-16-20(8-9-22(26)28-16)15-27-24(33)17(2)29-25(34)21-14-19(18-6-4-3-5-7-18)10-12-30(21)13-11-23(31)32/h4,6-9,17,19,21H,3,5,10-15H2,1-2H3,(H2,26,28)(H,27,33)(H,29,34)(H,31,32)/t17-,19-,21+/m0/s1. The van der Waals surface area contributed by atoms with E-state index in [1.165, 1.54) is 5.57 Å². The van der Waals surface area contributed by atoms with Crippen molar-refractivity contribution >= 4 is 23.6 Å².